The summed E-state index contributed by atoms with van der Waals surface area (Å²) in [7, 11) is 0. The SMILES string of the molecule is O=C(COC(=O)CCCc1c[nH]c2ccccc12)NCCSc1ccccc1. The van der Waals surface area contributed by atoms with E-state index in [0.717, 1.165) is 17.7 Å². The number of aryl methyl sites for hydroxylation is 1. The molecule has 0 saturated carbocycles. The minimum atomic E-state index is -0.339. The maximum Gasteiger partial charge on any atom is 0.306 e. The van der Waals surface area contributed by atoms with Crippen LogP contribution in [0.4, 0.5) is 0 Å². The van der Waals surface area contributed by atoms with Gasteiger partial charge in [-0.25, -0.2) is 0 Å². The van der Waals surface area contributed by atoms with Gasteiger partial charge in [0.15, 0.2) is 6.61 Å². The van der Waals surface area contributed by atoms with E-state index in [1.54, 1.807) is 11.8 Å². The number of aromatic nitrogens is 1. The molecule has 5 nitrogen and oxygen atoms in total. The topological polar surface area (TPSA) is 71.2 Å². The van der Waals surface area contributed by atoms with Crippen molar-refractivity contribution in [1.29, 1.82) is 0 Å². The molecule has 0 aliphatic carbocycles. The third-order valence-corrected chi connectivity index (χ3v) is 5.32. The summed E-state index contributed by atoms with van der Waals surface area (Å²) < 4.78 is 5.06. The van der Waals surface area contributed by atoms with Crippen LogP contribution in [-0.2, 0) is 20.7 Å². The van der Waals surface area contributed by atoms with Gasteiger partial charge in [-0.15, -0.1) is 11.8 Å². The zero-order chi connectivity index (χ0) is 19.6. The largest absolute Gasteiger partial charge is 0.456 e. The first kappa shape index (κ1) is 20.0. The van der Waals surface area contributed by atoms with Crippen LogP contribution in [0.5, 0.6) is 0 Å². The number of carbonyl (C=O) groups is 2. The first-order chi connectivity index (χ1) is 13.7. The summed E-state index contributed by atoms with van der Waals surface area (Å²) in [5, 5.41) is 3.95. The Bertz CT molecular complexity index is 908. The fraction of sp³-hybridized carbons (Fsp3) is 0.273. The molecular weight excluding hydrogens is 372 g/mol. The normalized spacial score (nSPS) is 10.7. The van der Waals surface area contributed by atoms with Gasteiger partial charge < -0.3 is 15.0 Å². The van der Waals surface area contributed by atoms with Gasteiger partial charge in [0.1, 0.15) is 0 Å². The highest BCUT2D eigenvalue weighted by Crippen LogP contribution is 2.19. The van der Waals surface area contributed by atoms with E-state index in [2.05, 4.69) is 16.4 Å². The van der Waals surface area contributed by atoms with Crippen LogP contribution in [0.25, 0.3) is 10.9 Å². The number of hydrogen-bond donors (Lipinski definition) is 2. The van der Waals surface area contributed by atoms with Crippen molar-refractivity contribution in [3.05, 3.63) is 66.4 Å². The summed E-state index contributed by atoms with van der Waals surface area (Å²) in [4.78, 5) is 28.0. The van der Waals surface area contributed by atoms with Crippen LogP contribution < -0.4 is 5.32 Å². The number of fused-ring (bicyclic) bond motifs is 1. The molecule has 0 aliphatic heterocycles. The summed E-state index contributed by atoms with van der Waals surface area (Å²) in [6.45, 7) is 0.318. The number of esters is 1. The minimum Gasteiger partial charge on any atom is -0.456 e. The Morgan fingerprint density at radius 2 is 1.82 bits per heavy atom. The standard InChI is InChI=1S/C22H24N2O3S/c25-21(23-13-14-28-18-8-2-1-3-9-18)16-27-22(26)12-6-7-17-15-24-20-11-5-4-10-19(17)20/h1-5,8-11,15,24H,6-7,12-14,16H2,(H,23,25). The van der Waals surface area contributed by atoms with Gasteiger partial charge in [0.25, 0.3) is 5.91 Å². The van der Waals surface area contributed by atoms with Gasteiger partial charge in [-0.05, 0) is 36.6 Å². The Labute approximate surface area is 168 Å². The monoisotopic (exact) mass is 396 g/mol. The van der Waals surface area contributed by atoms with Gasteiger partial charge in [-0.3, -0.25) is 9.59 Å². The Hall–Kier alpha value is -2.73. The second kappa shape index (κ2) is 10.6. The van der Waals surface area contributed by atoms with E-state index in [9.17, 15) is 9.59 Å². The molecule has 2 N–H and O–H groups in total. The van der Waals surface area contributed by atoms with E-state index in [4.69, 9.17) is 4.74 Å². The highest BCUT2D eigenvalue weighted by atomic mass is 32.2. The molecule has 3 aromatic rings. The Morgan fingerprint density at radius 1 is 1.04 bits per heavy atom. The Kier molecular flexibility index (Phi) is 7.55. The highest BCUT2D eigenvalue weighted by molar-refractivity contribution is 7.99. The molecule has 0 atom stereocenters. The van der Waals surface area contributed by atoms with Crippen molar-refractivity contribution in [1.82, 2.24) is 10.3 Å². The average Bonchev–Trinajstić information content (AvgIpc) is 3.14. The number of aromatic amines is 1. The van der Waals surface area contributed by atoms with Crippen LogP contribution in [0.3, 0.4) is 0 Å². The third kappa shape index (κ3) is 6.16. The number of benzene rings is 2. The maximum atomic E-state index is 11.8. The second-order valence-corrected chi connectivity index (χ2v) is 7.55. The maximum absolute atomic E-state index is 11.8. The lowest BCUT2D eigenvalue weighted by atomic mass is 10.1. The van der Waals surface area contributed by atoms with Crippen LogP contribution in [0, 0.1) is 0 Å². The average molecular weight is 397 g/mol. The number of H-pyrrole nitrogens is 1. The molecule has 0 bridgehead atoms. The van der Waals surface area contributed by atoms with Gasteiger partial charge in [0.05, 0.1) is 0 Å². The fourth-order valence-corrected chi connectivity index (χ4v) is 3.70. The molecule has 2 aromatic carbocycles. The number of para-hydroxylation sites is 1. The summed E-state index contributed by atoms with van der Waals surface area (Å²) in [6.07, 6.45) is 3.77. The molecule has 0 fully saturated rings. The van der Waals surface area contributed by atoms with Crippen molar-refractivity contribution in [2.24, 2.45) is 0 Å². The lowest BCUT2D eigenvalue weighted by molar-refractivity contribution is -0.148. The minimum absolute atomic E-state index is 0.220. The van der Waals surface area contributed by atoms with Gasteiger partial charge in [0.2, 0.25) is 0 Å². The molecule has 1 heterocycles. The number of hydrogen-bond acceptors (Lipinski definition) is 4. The lowest BCUT2D eigenvalue weighted by Gasteiger charge is -2.07. The first-order valence-corrected chi connectivity index (χ1v) is 10.4. The summed E-state index contributed by atoms with van der Waals surface area (Å²) >= 11 is 1.67. The van der Waals surface area contributed by atoms with E-state index < -0.39 is 0 Å². The van der Waals surface area contributed by atoms with Gasteiger partial charge in [0, 0.05) is 40.7 Å². The van der Waals surface area contributed by atoms with E-state index >= 15 is 0 Å². The molecule has 0 saturated heterocycles. The van der Waals surface area contributed by atoms with Gasteiger partial charge in [-0.1, -0.05) is 36.4 Å². The van der Waals surface area contributed by atoms with E-state index in [1.165, 1.54) is 15.8 Å². The van der Waals surface area contributed by atoms with Crippen molar-refractivity contribution in [3.8, 4) is 0 Å². The highest BCUT2D eigenvalue weighted by Gasteiger charge is 2.09. The Balaban J connectivity index is 1.27. The molecule has 0 aliphatic rings. The first-order valence-electron chi connectivity index (χ1n) is 9.37. The fourth-order valence-electron chi connectivity index (χ4n) is 2.91. The second-order valence-electron chi connectivity index (χ2n) is 6.39. The predicted octanol–water partition coefficient (Wildman–Crippen LogP) is 3.94. The van der Waals surface area contributed by atoms with E-state index in [0.29, 0.717) is 19.4 Å². The number of nitrogens with one attached hydrogen (secondary N) is 2. The molecule has 0 spiro atoms. The van der Waals surface area contributed by atoms with Gasteiger partial charge in [-0.2, -0.15) is 0 Å². The third-order valence-electron chi connectivity index (χ3n) is 4.30. The molecule has 28 heavy (non-hydrogen) atoms. The molecular formula is C22H24N2O3S. The lowest BCUT2D eigenvalue weighted by Crippen LogP contribution is -2.30. The van der Waals surface area contributed by atoms with Crippen LogP contribution in [0.15, 0.2) is 65.7 Å². The summed E-state index contributed by atoms with van der Waals surface area (Å²) in [5.74, 6) is 0.168. The smallest absolute Gasteiger partial charge is 0.306 e. The van der Waals surface area contributed by atoms with Crippen molar-refractivity contribution < 1.29 is 14.3 Å². The number of thioether (sulfide) groups is 1. The number of ether oxygens (including phenoxy) is 1. The predicted molar refractivity (Wildman–Crippen MR) is 112 cm³/mol. The van der Waals surface area contributed by atoms with Crippen molar-refractivity contribution in [2.75, 3.05) is 18.9 Å². The van der Waals surface area contributed by atoms with E-state index in [1.807, 2.05) is 54.7 Å². The zero-order valence-corrected chi connectivity index (χ0v) is 16.5. The molecule has 3 rings (SSSR count). The molecule has 6 heteroatoms. The van der Waals surface area contributed by atoms with Crippen LogP contribution in [-0.4, -0.2) is 35.8 Å². The van der Waals surface area contributed by atoms with Crippen molar-refractivity contribution in [3.63, 3.8) is 0 Å². The summed E-state index contributed by atoms with van der Waals surface area (Å²) in [5.41, 5.74) is 2.29. The molecule has 1 aromatic heterocycles. The summed E-state index contributed by atoms with van der Waals surface area (Å²) in [6, 6.07) is 18.1. The number of amides is 1. The van der Waals surface area contributed by atoms with Crippen LogP contribution in [0.2, 0.25) is 0 Å². The molecule has 1 amide bonds. The van der Waals surface area contributed by atoms with Crippen LogP contribution in [0.1, 0.15) is 18.4 Å². The number of carbonyl (C=O) groups excluding carboxylic acids is 2. The van der Waals surface area contributed by atoms with Crippen molar-refractivity contribution >= 4 is 34.5 Å². The molecule has 0 radical (unpaired) electrons. The molecule has 0 unspecified atom stereocenters. The number of rotatable bonds is 10. The molecule has 146 valence electrons. The quantitative estimate of drug-likeness (QED) is 0.309. The van der Waals surface area contributed by atoms with Gasteiger partial charge >= 0.3 is 5.97 Å². The van der Waals surface area contributed by atoms with Crippen molar-refractivity contribution in [2.45, 2.75) is 24.2 Å². The zero-order valence-electron chi connectivity index (χ0n) is 15.6. The van der Waals surface area contributed by atoms with Crippen LogP contribution >= 0.6 is 11.8 Å². The Morgan fingerprint density at radius 3 is 2.68 bits per heavy atom. The van der Waals surface area contributed by atoms with E-state index in [-0.39, 0.29) is 18.5 Å².